The first-order chi connectivity index (χ1) is 16.7. The van der Waals surface area contributed by atoms with E-state index in [-0.39, 0.29) is 29.7 Å². The van der Waals surface area contributed by atoms with Crippen LogP contribution in [0.15, 0.2) is 71.6 Å². The summed E-state index contributed by atoms with van der Waals surface area (Å²) in [5, 5.41) is 8.67. The molecule has 0 bridgehead atoms. The maximum atomic E-state index is 13.0. The molecule has 0 spiro atoms. The van der Waals surface area contributed by atoms with E-state index in [2.05, 4.69) is 10.3 Å². The molecular formula is C25H25ClN4O4S. The van der Waals surface area contributed by atoms with Crippen molar-refractivity contribution in [3.8, 4) is 0 Å². The number of ether oxygens (including phenoxy) is 1. The van der Waals surface area contributed by atoms with Gasteiger partial charge in [-0.3, -0.25) is 4.79 Å². The van der Waals surface area contributed by atoms with E-state index in [0.717, 1.165) is 16.6 Å². The van der Waals surface area contributed by atoms with Gasteiger partial charge in [0.15, 0.2) is 0 Å². The second-order valence-electron chi connectivity index (χ2n) is 8.22. The van der Waals surface area contributed by atoms with Gasteiger partial charge in [-0.1, -0.05) is 53.2 Å². The van der Waals surface area contributed by atoms with E-state index in [9.17, 15) is 13.2 Å². The summed E-state index contributed by atoms with van der Waals surface area (Å²) in [6.07, 6.45) is 0.0987. The van der Waals surface area contributed by atoms with Crippen molar-refractivity contribution in [3.63, 3.8) is 0 Å². The zero-order valence-corrected chi connectivity index (χ0v) is 21.1. The monoisotopic (exact) mass is 512 g/mol. The van der Waals surface area contributed by atoms with Gasteiger partial charge in [-0.25, -0.2) is 13.1 Å². The fraction of sp³-hybridized carbons (Fsp3) is 0.240. The Morgan fingerprint density at radius 2 is 1.77 bits per heavy atom. The molecule has 35 heavy (non-hydrogen) atoms. The molecular weight excluding hydrogens is 488 g/mol. The van der Waals surface area contributed by atoms with E-state index in [0.29, 0.717) is 16.1 Å². The lowest BCUT2D eigenvalue weighted by Gasteiger charge is -2.21. The molecule has 0 fully saturated rings. The minimum absolute atomic E-state index is 0.0675. The molecule has 0 unspecified atom stereocenters. The third-order valence-corrected chi connectivity index (χ3v) is 8.14. The van der Waals surface area contributed by atoms with Crippen LogP contribution in [-0.4, -0.2) is 47.8 Å². The number of aromatic nitrogens is 3. The molecule has 10 heteroatoms. The van der Waals surface area contributed by atoms with Crippen LogP contribution in [0.1, 0.15) is 29.0 Å². The van der Waals surface area contributed by atoms with Gasteiger partial charge in [0.05, 0.1) is 23.9 Å². The number of carbonyl (C=O) groups excluding carboxylic acids is 1. The van der Waals surface area contributed by atoms with Crippen LogP contribution in [0.2, 0.25) is 5.02 Å². The van der Waals surface area contributed by atoms with Gasteiger partial charge >= 0.3 is 5.97 Å². The highest BCUT2D eigenvalue weighted by atomic mass is 35.5. The zero-order valence-electron chi connectivity index (χ0n) is 19.6. The third-order valence-electron chi connectivity index (χ3n) is 5.95. The Balaban J connectivity index is 1.70. The number of benzene rings is 3. The maximum Gasteiger partial charge on any atom is 0.306 e. The van der Waals surface area contributed by atoms with Gasteiger partial charge < -0.3 is 4.74 Å². The molecule has 0 aliphatic heterocycles. The van der Waals surface area contributed by atoms with E-state index < -0.39 is 10.0 Å². The van der Waals surface area contributed by atoms with Gasteiger partial charge in [0.1, 0.15) is 5.52 Å². The summed E-state index contributed by atoms with van der Waals surface area (Å²) in [4.78, 5) is 12.5. The van der Waals surface area contributed by atoms with Crippen LogP contribution in [0.5, 0.6) is 0 Å². The second-order valence-corrected chi connectivity index (χ2v) is 10.7. The number of esters is 1. The fourth-order valence-electron chi connectivity index (χ4n) is 3.98. The van der Waals surface area contributed by atoms with Gasteiger partial charge in [0.2, 0.25) is 10.0 Å². The van der Waals surface area contributed by atoms with Crippen LogP contribution < -0.4 is 0 Å². The van der Waals surface area contributed by atoms with Gasteiger partial charge in [-0.05, 0) is 47.0 Å². The van der Waals surface area contributed by atoms with Crippen LogP contribution in [0, 0.1) is 0 Å². The number of carbonyl (C=O) groups is 1. The van der Waals surface area contributed by atoms with E-state index in [1.165, 1.54) is 18.5 Å². The van der Waals surface area contributed by atoms with Crippen LogP contribution >= 0.6 is 11.6 Å². The number of halogens is 1. The van der Waals surface area contributed by atoms with Crippen molar-refractivity contribution >= 4 is 38.6 Å². The number of rotatable bonds is 8. The van der Waals surface area contributed by atoms with Crippen LogP contribution in [0.3, 0.4) is 0 Å². The first kappa shape index (κ1) is 24.8. The summed E-state index contributed by atoms with van der Waals surface area (Å²) in [5.74, 6) is -0.713. The number of hydrogen-bond donors (Lipinski definition) is 0. The molecule has 0 N–H and O–H groups in total. The number of sulfonamides is 1. The maximum absolute atomic E-state index is 13.0. The molecule has 0 saturated heterocycles. The first-order valence-electron chi connectivity index (χ1n) is 10.9. The van der Waals surface area contributed by atoms with Gasteiger partial charge in [-0.15, -0.1) is 5.10 Å². The predicted molar refractivity (Wildman–Crippen MR) is 134 cm³/mol. The van der Waals surface area contributed by atoms with Crippen molar-refractivity contribution in [2.24, 2.45) is 7.05 Å². The molecule has 8 nitrogen and oxygen atoms in total. The lowest BCUT2D eigenvalue weighted by atomic mass is 9.87. The van der Waals surface area contributed by atoms with Crippen LogP contribution in [0.25, 0.3) is 11.0 Å². The van der Waals surface area contributed by atoms with Crippen molar-refractivity contribution in [2.75, 3.05) is 14.2 Å². The molecule has 0 amide bonds. The second kappa shape index (κ2) is 10.2. The van der Waals surface area contributed by atoms with Crippen molar-refractivity contribution in [3.05, 3.63) is 88.4 Å². The summed E-state index contributed by atoms with van der Waals surface area (Å²) in [7, 11) is 0.973. The topological polar surface area (TPSA) is 94.4 Å². The minimum atomic E-state index is -3.70. The van der Waals surface area contributed by atoms with E-state index in [1.807, 2.05) is 37.4 Å². The SMILES string of the molecule is COC(=O)C[C@@H](c1ccc(Cl)c(CN(C)S(=O)(=O)c2ccccc2)c1)c1ccc2c(c1)nnn2C. The Morgan fingerprint density at radius 3 is 2.49 bits per heavy atom. The third kappa shape index (κ3) is 5.22. The first-order valence-corrected chi connectivity index (χ1v) is 12.7. The normalized spacial score (nSPS) is 12.7. The number of aryl methyl sites for hydroxylation is 1. The van der Waals surface area contributed by atoms with E-state index in [1.54, 1.807) is 41.1 Å². The average molecular weight is 513 g/mol. The van der Waals surface area contributed by atoms with Crippen LogP contribution in [0.4, 0.5) is 0 Å². The molecule has 4 rings (SSSR count). The highest BCUT2D eigenvalue weighted by molar-refractivity contribution is 7.89. The summed E-state index contributed by atoms with van der Waals surface area (Å²) in [5.41, 5.74) is 3.88. The van der Waals surface area contributed by atoms with E-state index in [4.69, 9.17) is 16.3 Å². The lowest BCUT2D eigenvalue weighted by molar-refractivity contribution is -0.140. The Hall–Kier alpha value is -3.27. The standard InChI is InChI=1S/C25H25ClN4O4S/c1-29(35(32,33)20-7-5-4-6-8-20)16-19-13-17(9-11-22(19)26)21(15-25(31)34-3)18-10-12-24-23(14-18)27-28-30(24)2/h4-14,21H,15-16H2,1-3H3/t21-/m0/s1. The largest absolute Gasteiger partial charge is 0.469 e. The quantitative estimate of drug-likeness (QED) is 0.329. The average Bonchev–Trinajstić information content (AvgIpc) is 3.24. The van der Waals surface area contributed by atoms with Crippen LogP contribution in [-0.2, 0) is 33.1 Å². The fourth-order valence-corrected chi connectivity index (χ4v) is 5.33. The Kier molecular flexibility index (Phi) is 7.20. The van der Waals surface area contributed by atoms with E-state index >= 15 is 0 Å². The number of hydrogen-bond acceptors (Lipinski definition) is 6. The summed E-state index contributed by atoms with van der Waals surface area (Å²) < 4.78 is 33.9. The molecule has 1 aromatic heterocycles. The lowest BCUT2D eigenvalue weighted by Crippen LogP contribution is -2.26. The number of methoxy groups -OCH3 is 1. The van der Waals surface area contributed by atoms with Crippen molar-refractivity contribution in [1.82, 2.24) is 19.3 Å². The molecule has 1 heterocycles. The van der Waals surface area contributed by atoms with Crippen molar-refractivity contribution in [2.45, 2.75) is 23.8 Å². The molecule has 182 valence electrons. The van der Waals surface area contributed by atoms with Gasteiger partial charge in [0.25, 0.3) is 0 Å². The Morgan fingerprint density at radius 1 is 1.09 bits per heavy atom. The predicted octanol–water partition coefficient (Wildman–Crippen LogP) is 4.14. The molecule has 4 aromatic rings. The van der Waals surface area contributed by atoms with Gasteiger partial charge in [0, 0.05) is 31.6 Å². The number of fused-ring (bicyclic) bond motifs is 1. The smallest absolute Gasteiger partial charge is 0.306 e. The molecule has 0 saturated carbocycles. The Labute approximate surface area is 209 Å². The molecule has 3 aromatic carbocycles. The molecule has 1 atom stereocenters. The van der Waals surface area contributed by atoms with Crippen molar-refractivity contribution in [1.29, 1.82) is 0 Å². The van der Waals surface area contributed by atoms with Gasteiger partial charge in [-0.2, -0.15) is 4.31 Å². The summed E-state index contributed by atoms with van der Waals surface area (Å²) >= 11 is 6.47. The summed E-state index contributed by atoms with van der Waals surface area (Å²) in [6.45, 7) is 0.0675. The van der Waals surface area contributed by atoms with Crippen molar-refractivity contribution < 1.29 is 17.9 Å². The molecule has 0 aliphatic carbocycles. The zero-order chi connectivity index (χ0) is 25.2. The number of nitrogens with zero attached hydrogens (tertiary/aromatic N) is 4. The highest BCUT2D eigenvalue weighted by Crippen LogP contribution is 2.33. The molecule has 0 aliphatic rings. The highest BCUT2D eigenvalue weighted by Gasteiger charge is 2.24. The Bertz CT molecular complexity index is 1470. The summed E-state index contributed by atoms with van der Waals surface area (Å²) in [6, 6.07) is 19.4. The minimum Gasteiger partial charge on any atom is -0.469 e. The molecule has 0 radical (unpaired) electrons.